The Labute approximate surface area is 126 Å². The van der Waals surface area contributed by atoms with Gasteiger partial charge in [-0.15, -0.1) is 0 Å². The van der Waals surface area contributed by atoms with E-state index in [2.05, 4.69) is 16.7 Å². The second kappa shape index (κ2) is 6.42. The van der Waals surface area contributed by atoms with Gasteiger partial charge in [0.05, 0.1) is 0 Å². The third-order valence-corrected chi connectivity index (χ3v) is 5.09. The molecule has 2 heterocycles. The lowest BCUT2D eigenvalue weighted by atomic mass is 10.0. The van der Waals surface area contributed by atoms with Crippen LogP contribution in [0.15, 0.2) is 24.3 Å². The van der Waals surface area contributed by atoms with Crippen LogP contribution < -0.4 is 5.73 Å². The maximum atomic E-state index is 12.9. The number of benzene rings is 1. The van der Waals surface area contributed by atoms with Crippen LogP contribution in [0.1, 0.15) is 37.8 Å². The molecular formula is C17H26FN3. The van der Waals surface area contributed by atoms with E-state index in [4.69, 9.17) is 5.73 Å². The summed E-state index contributed by atoms with van der Waals surface area (Å²) in [6.45, 7) is 6.99. The van der Waals surface area contributed by atoms with Crippen LogP contribution in [-0.4, -0.2) is 48.1 Å². The van der Waals surface area contributed by atoms with Gasteiger partial charge >= 0.3 is 0 Å². The number of nitrogens with zero attached hydrogens (tertiary/aromatic N) is 2. The van der Waals surface area contributed by atoms with Gasteiger partial charge in [0.1, 0.15) is 5.82 Å². The van der Waals surface area contributed by atoms with E-state index in [1.807, 2.05) is 0 Å². The van der Waals surface area contributed by atoms with Gasteiger partial charge in [0.25, 0.3) is 0 Å². The molecule has 2 N–H and O–H groups in total. The Morgan fingerprint density at radius 2 is 2.05 bits per heavy atom. The highest BCUT2D eigenvalue weighted by Gasteiger charge is 2.34. The minimum absolute atomic E-state index is 0.000548. The van der Waals surface area contributed by atoms with Crippen molar-refractivity contribution in [3.63, 3.8) is 0 Å². The molecule has 1 aromatic carbocycles. The molecule has 0 aromatic heterocycles. The fourth-order valence-electron chi connectivity index (χ4n) is 3.74. The molecule has 2 fully saturated rings. The molecule has 3 nitrogen and oxygen atoms in total. The van der Waals surface area contributed by atoms with Crippen molar-refractivity contribution >= 4 is 0 Å². The van der Waals surface area contributed by atoms with Crippen LogP contribution in [0.5, 0.6) is 0 Å². The SMILES string of the molecule is CC1CN2CCCC2CN1CCC(N)c1ccc(F)cc1. The van der Waals surface area contributed by atoms with Crippen LogP contribution in [0.2, 0.25) is 0 Å². The summed E-state index contributed by atoms with van der Waals surface area (Å²) in [7, 11) is 0. The maximum Gasteiger partial charge on any atom is 0.123 e. The predicted octanol–water partition coefficient (Wildman–Crippen LogP) is 2.38. The van der Waals surface area contributed by atoms with E-state index in [1.165, 1.54) is 44.6 Å². The summed E-state index contributed by atoms with van der Waals surface area (Å²) in [5.74, 6) is -0.197. The predicted molar refractivity (Wildman–Crippen MR) is 83.6 cm³/mol. The minimum atomic E-state index is -0.197. The monoisotopic (exact) mass is 291 g/mol. The summed E-state index contributed by atoms with van der Waals surface area (Å²) < 4.78 is 12.9. The summed E-state index contributed by atoms with van der Waals surface area (Å²) in [6, 6.07) is 7.96. The van der Waals surface area contributed by atoms with Crippen molar-refractivity contribution in [2.24, 2.45) is 5.73 Å². The van der Waals surface area contributed by atoms with Gasteiger partial charge in [-0.2, -0.15) is 0 Å². The van der Waals surface area contributed by atoms with Crippen LogP contribution in [-0.2, 0) is 0 Å². The summed E-state index contributed by atoms with van der Waals surface area (Å²) in [5, 5.41) is 0. The molecule has 0 spiro atoms. The molecule has 2 aliphatic heterocycles. The van der Waals surface area contributed by atoms with Crippen LogP contribution in [0.25, 0.3) is 0 Å². The molecule has 2 saturated heterocycles. The van der Waals surface area contributed by atoms with Gasteiger partial charge in [-0.05, 0) is 50.4 Å². The van der Waals surface area contributed by atoms with Gasteiger partial charge in [0.2, 0.25) is 0 Å². The summed E-state index contributed by atoms with van der Waals surface area (Å²) in [4.78, 5) is 5.22. The van der Waals surface area contributed by atoms with Gasteiger partial charge in [-0.1, -0.05) is 12.1 Å². The Morgan fingerprint density at radius 3 is 2.81 bits per heavy atom. The van der Waals surface area contributed by atoms with Crippen molar-refractivity contribution in [3.8, 4) is 0 Å². The highest BCUT2D eigenvalue weighted by molar-refractivity contribution is 5.19. The van der Waals surface area contributed by atoms with Gasteiger partial charge < -0.3 is 5.73 Å². The molecule has 0 aliphatic carbocycles. The first-order chi connectivity index (χ1) is 10.1. The first kappa shape index (κ1) is 14.9. The van der Waals surface area contributed by atoms with E-state index < -0.39 is 0 Å². The zero-order valence-corrected chi connectivity index (χ0v) is 12.8. The van der Waals surface area contributed by atoms with E-state index >= 15 is 0 Å². The Morgan fingerprint density at radius 1 is 1.29 bits per heavy atom. The van der Waals surface area contributed by atoms with Gasteiger partial charge in [-0.25, -0.2) is 4.39 Å². The second-order valence-corrected chi connectivity index (χ2v) is 6.58. The molecule has 1 aromatic rings. The Kier molecular flexibility index (Phi) is 4.57. The topological polar surface area (TPSA) is 32.5 Å². The number of hydrogen-bond donors (Lipinski definition) is 1. The van der Waals surface area contributed by atoms with E-state index in [0.717, 1.165) is 24.6 Å². The molecule has 3 atom stereocenters. The molecule has 0 bridgehead atoms. The van der Waals surface area contributed by atoms with E-state index in [9.17, 15) is 4.39 Å². The third kappa shape index (κ3) is 3.44. The summed E-state index contributed by atoms with van der Waals surface area (Å²) in [5.41, 5.74) is 7.29. The molecule has 3 rings (SSSR count). The molecular weight excluding hydrogens is 265 g/mol. The number of fused-ring (bicyclic) bond motifs is 1. The number of piperazine rings is 1. The standard InChI is InChI=1S/C17H26FN3/c1-13-11-21-9-2-3-16(21)12-20(13)10-8-17(19)14-4-6-15(18)7-5-14/h4-7,13,16-17H,2-3,8-12,19H2,1H3. The number of halogens is 1. The Bertz CT molecular complexity index is 462. The van der Waals surface area contributed by atoms with E-state index in [0.29, 0.717) is 6.04 Å². The molecule has 0 radical (unpaired) electrons. The van der Waals surface area contributed by atoms with E-state index in [1.54, 1.807) is 12.1 Å². The lowest BCUT2D eigenvalue weighted by Crippen LogP contribution is -2.55. The highest BCUT2D eigenvalue weighted by atomic mass is 19.1. The van der Waals surface area contributed by atoms with Gasteiger partial charge in [0, 0.05) is 37.8 Å². The molecule has 21 heavy (non-hydrogen) atoms. The highest BCUT2D eigenvalue weighted by Crippen LogP contribution is 2.25. The maximum absolute atomic E-state index is 12.9. The van der Waals surface area contributed by atoms with Crippen molar-refractivity contribution in [2.45, 2.75) is 44.3 Å². The van der Waals surface area contributed by atoms with E-state index in [-0.39, 0.29) is 11.9 Å². The summed E-state index contributed by atoms with van der Waals surface area (Å²) in [6.07, 6.45) is 3.62. The number of hydrogen-bond acceptors (Lipinski definition) is 3. The van der Waals surface area contributed by atoms with Crippen LogP contribution >= 0.6 is 0 Å². The quantitative estimate of drug-likeness (QED) is 0.924. The van der Waals surface area contributed by atoms with Gasteiger partial charge in [0.15, 0.2) is 0 Å². The zero-order chi connectivity index (χ0) is 14.8. The van der Waals surface area contributed by atoms with Crippen molar-refractivity contribution in [3.05, 3.63) is 35.6 Å². The normalized spacial score (nSPS) is 28.5. The minimum Gasteiger partial charge on any atom is -0.324 e. The van der Waals surface area contributed by atoms with Crippen molar-refractivity contribution in [1.82, 2.24) is 9.80 Å². The van der Waals surface area contributed by atoms with Gasteiger partial charge in [-0.3, -0.25) is 9.80 Å². The zero-order valence-electron chi connectivity index (χ0n) is 12.8. The van der Waals surface area contributed by atoms with Crippen molar-refractivity contribution < 1.29 is 4.39 Å². The average molecular weight is 291 g/mol. The average Bonchev–Trinajstić information content (AvgIpc) is 2.92. The van der Waals surface area contributed by atoms with Crippen molar-refractivity contribution in [2.75, 3.05) is 26.2 Å². The molecule has 4 heteroatoms. The fourth-order valence-corrected chi connectivity index (χ4v) is 3.74. The van der Waals surface area contributed by atoms with Crippen LogP contribution in [0, 0.1) is 5.82 Å². The molecule has 0 saturated carbocycles. The largest absolute Gasteiger partial charge is 0.324 e. The molecule has 3 unspecified atom stereocenters. The molecule has 2 aliphatic rings. The lowest BCUT2D eigenvalue weighted by Gasteiger charge is -2.42. The third-order valence-electron chi connectivity index (χ3n) is 5.09. The molecule has 0 amide bonds. The first-order valence-corrected chi connectivity index (χ1v) is 8.12. The number of rotatable bonds is 4. The Balaban J connectivity index is 1.53. The smallest absolute Gasteiger partial charge is 0.123 e. The van der Waals surface area contributed by atoms with Crippen LogP contribution in [0.4, 0.5) is 4.39 Å². The summed E-state index contributed by atoms with van der Waals surface area (Å²) >= 11 is 0. The lowest BCUT2D eigenvalue weighted by molar-refractivity contribution is 0.0575. The van der Waals surface area contributed by atoms with Crippen molar-refractivity contribution in [1.29, 1.82) is 0 Å². The Hall–Kier alpha value is -0.970. The second-order valence-electron chi connectivity index (χ2n) is 6.58. The van der Waals surface area contributed by atoms with Crippen LogP contribution in [0.3, 0.4) is 0 Å². The number of nitrogens with two attached hydrogens (primary N) is 1. The fraction of sp³-hybridized carbons (Fsp3) is 0.647. The molecule has 116 valence electrons. The first-order valence-electron chi connectivity index (χ1n) is 8.12.